The zero-order chi connectivity index (χ0) is 16.2. The monoisotopic (exact) mass is 334 g/mol. The van der Waals surface area contributed by atoms with Crippen molar-refractivity contribution in [2.24, 2.45) is 0 Å². The molecule has 1 aliphatic heterocycles. The molecule has 0 radical (unpaired) electrons. The molecule has 1 aromatic carbocycles. The Morgan fingerprint density at radius 2 is 2.09 bits per heavy atom. The Hall–Kier alpha value is -2.32. The topological polar surface area (TPSA) is 90.4 Å². The zero-order valence-corrected chi connectivity index (χ0v) is 12.8. The van der Waals surface area contributed by atoms with Crippen molar-refractivity contribution in [1.29, 1.82) is 0 Å². The van der Waals surface area contributed by atoms with Gasteiger partial charge in [-0.25, -0.2) is 9.59 Å². The lowest BCUT2D eigenvalue weighted by Gasteiger charge is -2.14. The third kappa shape index (κ3) is 3.72. The Balaban J connectivity index is 1.57. The maximum atomic E-state index is 11.9. The maximum absolute atomic E-state index is 11.9. The molecule has 2 atom stereocenters. The van der Waals surface area contributed by atoms with Gasteiger partial charge in [0.1, 0.15) is 18.3 Å². The fraction of sp³-hybridized carbons (Fsp3) is 0.267. The van der Waals surface area contributed by atoms with Crippen LogP contribution in [-0.2, 0) is 9.47 Å². The van der Waals surface area contributed by atoms with Crippen molar-refractivity contribution in [2.75, 3.05) is 12.4 Å². The van der Waals surface area contributed by atoms with E-state index in [4.69, 9.17) is 9.47 Å². The largest absolute Gasteiger partial charge is 0.458 e. The second-order valence-electron chi connectivity index (χ2n) is 4.84. The Kier molecular flexibility index (Phi) is 4.63. The van der Waals surface area contributed by atoms with Crippen molar-refractivity contribution in [3.63, 3.8) is 0 Å². The van der Waals surface area contributed by atoms with Gasteiger partial charge in [-0.15, -0.1) is 11.8 Å². The minimum atomic E-state index is -0.523. The molecule has 1 fully saturated rings. The van der Waals surface area contributed by atoms with Gasteiger partial charge in [-0.05, 0) is 12.1 Å². The second kappa shape index (κ2) is 6.84. The number of carbonyl (C=O) groups excluding carboxylic acids is 1. The van der Waals surface area contributed by atoms with Crippen LogP contribution >= 0.6 is 11.8 Å². The number of thioether (sulfide) groups is 1. The minimum Gasteiger partial charge on any atom is -0.458 e. The number of H-pyrrole nitrogens is 1. The summed E-state index contributed by atoms with van der Waals surface area (Å²) in [6.07, 6.45) is 0.898. The van der Waals surface area contributed by atoms with Crippen LogP contribution < -0.4 is 11.2 Å². The van der Waals surface area contributed by atoms with Crippen LogP contribution in [0.25, 0.3) is 0 Å². The molecular weight excluding hydrogens is 320 g/mol. The standard InChI is InChI=1S/C15H14N2O5S/c18-11-6-7-17(15(20)16-11)12-9-23-13(22-12)8-21-14(19)10-4-2-1-3-5-10/h1-7,12-13H,8-9H2,(H,16,18,20)/t12-,13+/m1/s1. The fourth-order valence-corrected chi connectivity index (χ4v) is 3.12. The molecule has 120 valence electrons. The summed E-state index contributed by atoms with van der Waals surface area (Å²) in [5.41, 5.74) is -0.856. The fourth-order valence-electron chi connectivity index (χ4n) is 2.13. The molecule has 1 aliphatic rings. The van der Waals surface area contributed by atoms with Crippen LogP contribution in [0.15, 0.2) is 52.2 Å². The summed E-state index contributed by atoms with van der Waals surface area (Å²) in [6.45, 7) is 0.0903. The lowest BCUT2D eigenvalue weighted by molar-refractivity contribution is -0.0178. The summed E-state index contributed by atoms with van der Waals surface area (Å²) < 4.78 is 12.2. The van der Waals surface area contributed by atoms with Crippen LogP contribution in [0.4, 0.5) is 0 Å². The van der Waals surface area contributed by atoms with Gasteiger partial charge in [-0.2, -0.15) is 0 Å². The van der Waals surface area contributed by atoms with Crippen molar-refractivity contribution in [3.8, 4) is 0 Å². The Labute approximate surface area is 135 Å². The lowest BCUT2D eigenvalue weighted by atomic mass is 10.2. The number of aromatic nitrogens is 2. The van der Waals surface area contributed by atoms with Crippen LogP contribution in [0.3, 0.4) is 0 Å². The minimum absolute atomic E-state index is 0.0903. The molecule has 8 heteroatoms. The van der Waals surface area contributed by atoms with E-state index in [1.807, 2.05) is 6.07 Å². The molecule has 1 N–H and O–H groups in total. The predicted octanol–water partition coefficient (Wildman–Crippen LogP) is 0.982. The highest BCUT2D eigenvalue weighted by Gasteiger charge is 2.29. The van der Waals surface area contributed by atoms with Crippen LogP contribution in [0.1, 0.15) is 16.6 Å². The third-order valence-electron chi connectivity index (χ3n) is 3.25. The van der Waals surface area contributed by atoms with E-state index < -0.39 is 23.4 Å². The second-order valence-corrected chi connectivity index (χ2v) is 6.03. The van der Waals surface area contributed by atoms with Crippen LogP contribution in [-0.4, -0.2) is 33.3 Å². The average molecular weight is 334 g/mol. The van der Waals surface area contributed by atoms with E-state index in [9.17, 15) is 14.4 Å². The molecule has 0 spiro atoms. The highest BCUT2D eigenvalue weighted by Crippen LogP contribution is 2.30. The van der Waals surface area contributed by atoms with Crippen molar-refractivity contribution in [1.82, 2.24) is 9.55 Å². The van der Waals surface area contributed by atoms with E-state index in [0.717, 1.165) is 0 Å². The van der Waals surface area contributed by atoms with Gasteiger partial charge in [-0.1, -0.05) is 18.2 Å². The van der Waals surface area contributed by atoms with E-state index >= 15 is 0 Å². The smallest absolute Gasteiger partial charge is 0.338 e. The average Bonchev–Trinajstić information content (AvgIpc) is 3.02. The zero-order valence-electron chi connectivity index (χ0n) is 12.0. The van der Waals surface area contributed by atoms with Gasteiger partial charge in [0.05, 0.1) is 5.56 Å². The summed E-state index contributed by atoms with van der Waals surface area (Å²) in [6, 6.07) is 9.95. The van der Waals surface area contributed by atoms with Crippen molar-refractivity contribution in [3.05, 3.63) is 69.0 Å². The maximum Gasteiger partial charge on any atom is 0.338 e. The molecule has 3 rings (SSSR count). The summed E-state index contributed by atoms with van der Waals surface area (Å²) in [5, 5.41) is 0. The molecule has 1 saturated heterocycles. The van der Waals surface area contributed by atoms with Crippen molar-refractivity contribution < 1.29 is 14.3 Å². The van der Waals surface area contributed by atoms with E-state index in [1.54, 1.807) is 24.3 Å². The predicted molar refractivity (Wildman–Crippen MR) is 84.4 cm³/mol. The summed E-state index contributed by atoms with van der Waals surface area (Å²) in [5.74, 6) is 0.110. The van der Waals surface area contributed by atoms with E-state index in [1.165, 1.54) is 28.6 Å². The van der Waals surface area contributed by atoms with Gasteiger partial charge >= 0.3 is 11.7 Å². The molecule has 0 bridgehead atoms. The lowest BCUT2D eigenvalue weighted by Crippen LogP contribution is -2.32. The SMILES string of the molecule is O=C(OC[C@H]1O[C@@H](n2ccc(=O)[nH]c2=O)CS1)c1ccccc1. The first-order chi connectivity index (χ1) is 11.1. The molecular formula is C15H14N2O5S. The molecule has 0 amide bonds. The number of aromatic amines is 1. The number of hydrogen-bond donors (Lipinski definition) is 1. The molecule has 1 aromatic heterocycles. The molecule has 2 heterocycles. The first-order valence-corrected chi connectivity index (χ1v) is 7.99. The number of ether oxygens (including phenoxy) is 2. The number of esters is 1. The normalized spacial score (nSPS) is 20.3. The van der Waals surface area contributed by atoms with Gasteiger partial charge in [0.2, 0.25) is 0 Å². The van der Waals surface area contributed by atoms with Crippen molar-refractivity contribution >= 4 is 17.7 Å². The number of nitrogens with zero attached hydrogens (tertiary/aromatic N) is 1. The number of carbonyl (C=O) groups is 1. The van der Waals surface area contributed by atoms with Crippen LogP contribution in [0, 0.1) is 0 Å². The molecule has 23 heavy (non-hydrogen) atoms. The molecule has 7 nitrogen and oxygen atoms in total. The third-order valence-corrected chi connectivity index (χ3v) is 4.35. The Morgan fingerprint density at radius 3 is 2.83 bits per heavy atom. The Bertz CT molecular complexity index is 801. The van der Waals surface area contributed by atoms with Crippen LogP contribution in [0.2, 0.25) is 0 Å². The van der Waals surface area contributed by atoms with E-state index in [2.05, 4.69) is 4.98 Å². The number of hydrogen-bond acceptors (Lipinski definition) is 6. The summed E-state index contributed by atoms with van der Waals surface area (Å²) >= 11 is 1.44. The van der Waals surface area contributed by atoms with Gasteiger partial charge in [-0.3, -0.25) is 14.3 Å². The van der Waals surface area contributed by atoms with E-state index in [0.29, 0.717) is 11.3 Å². The van der Waals surface area contributed by atoms with Crippen LogP contribution in [0.5, 0.6) is 0 Å². The van der Waals surface area contributed by atoms with E-state index in [-0.39, 0.29) is 12.0 Å². The molecule has 0 saturated carbocycles. The highest BCUT2D eigenvalue weighted by atomic mass is 32.2. The van der Waals surface area contributed by atoms with Gasteiger partial charge in [0, 0.05) is 18.0 Å². The van der Waals surface area contributed by atoms with Gasteiger partial charge in [0.25, 0.3) is 5.56 Å². The Morgan fingerprint density at radius 1 is 1.30 bits per heavy atom. The van der Waals surface area contributed by atoms with Gasteiger partial charge < -0.3 is 9.47 Å². The van der Waals surface area contributed by atoms with Gasteiger partial charge in [0.15, 0.2) is 0 Å². The number of nitrogens with one attached hydrogen (secondary N) is 1. The summed E-state index contributed by atoms with van der Waals surface area (Å²) in [7, 11) is 0. The molecule has 2 aromatic rings. The summed E-state index contributed by atoms with van der Waals surface area (Å²) in [4.78, 5) is 36.8. The van der Waals surface area contributed by atoms with Crippen molar-refractivity contribution in [2.45, 2.75) is 11.7 Å². The quantitative estimate of drug-likeness (QED) is 0.838. The molecule has 0 aliphatic carbocycles. The highest BCUT2D eigenvalue weighted by molar-refractivity contribution is 8.00. The molecule has 0 unspecified atom stereocenters. The first kappa shape index (κ1) is 15.6. The first-order valence-electron chi connectivity index (χ1n) is 6.94. The number of rotatable bonds is 4. The number of benzene rings is 1.